The molecule has 0 saturated heterocycles. The summed E-state index contributed by atoms with van der Waals surface area (Å²) >= 11 is 0. The molecule has 148 valence electrons. The highest BCUT2D eigenvalue weighted by Crippen LogP contribution is 2.16. The number of ether oxygens (including phenoxy) is 2. The van der Waals surface area contributed by atoms with E-state index in [-0.39, 0.29) is 29.9 Å². The van der Waals surface area contributed by atoms with Crippen molar-refractivity contribution in [3.63, 3.8) is 0 Å². The SMILES string of the molecule is CCOCCCCNC(=NC)NCCOc1cccc(NC(C)=O)c1.I. The summed E-state index contributed by atoms with van der Waals surface area (Å²) in [6.07, 6.45) is 2.07. The average Bonchev–Trinajstić information content (AvgIpc) is 2.59. The highest BCUT2D eigenvalue weighted by molar-refractivity contribution is 14.0. The summed E-state index contributed by atoms with van der Waals surface area (Å²) in [5.41, 5.74) is 0.725. The molecular weight excluding hydrogens is 447 g/mol. The molecule has 0 radical (unpaired) electrons. The van der Waals surface area contributed by atoms with Gasteiger partial charge in [-0.15, -0.1) is 24.0 Å². The number of guanidine groups is 1. The molecule has 8 heteroatoms. The molecule has 1 aromatic carbocycles. The van der Waals surface area contributed by atoms with Gasteiger partial charge in [-0.05, 0) is 31.9 Å². The highest BCUT2D eigenvalue weighted by atomic mass is 127. The number of halogens is 1. The molecule has 0 aliphatic carbocycles. The minimum atomic E-state index is -0.102. The number of hydrogen-bond acceptors (Lipinski definition) is 4. The summed E-state index contributed by atoms with van der Waals surface area (Å²) in [5, 5.41) is 9.19. The number of anilines is 1. The number of benzene rings is 1. The van der Waals surface area contributed by atoms with Crippen LogP contribution in [0.4, 0.5) is 5.69 Å². The quantitative estimate of drug-likeness (QED) is 0.197. The van der Waals surface area contributed by atoms with Crippen LogP contribution in [-0.2, 0) is 9.53 Å². The van der Waals surface area contributed by atoms with E-state index in [0.29, 0.717) is 18.9 Å². The monoisotopic (exact) mass is 478 g/mol. The van der Waals surface area contributed by atoms with Gasteiger partial charge in [-0.3, -0.25) is 9.79 Å². The molecule has 0 unspecified atom stereocenters. The van der Waals surface area contributed by atoms with Gasteiger partial charge in [0.25, 0.3) is 0 Å². The van der Waals surface area contributed by atoms with Crippen molar-refractivity contribution in [3.8, 4) is 5.75 Å². The molecule has 0 bridgehead atoms. The van der Waals surface area contributed by atoms with Crippen LogP contribution in [0.15, 0.2) is 29.3 Å². The van der Waals surface area contributed by atoms with Crippen molar-refractivity contribution in [2.75, 3.05) is 45.3 Å². The number of rotatable bonds is 11. The maximum absolute atomic E-state index is 11.1. The number of hydrogen-bond donors (Lipinski definition) is 3. The third kappa shape index (κ3) is 11.9. The Hall–Kier alpha value is -1.55. The summed E-state index contributed by atoms with van der Waals surface area (Å²) in [7, 11) is 1.74. The van der Waals surface area contributed by atoms with Crippen LogP contribution in [0.3, 0.4) is 0 Å². The van der Waals surface area contributed by atoms with E-state index in [2.05, 4.69) is 20.9 Å². The van der Waals surface area contributed by atoms with Crippen LogP contribution in [0.1, 0.15) is 26.7 Å². The molecule has 0 aliphatic rings. The van der Waals surface area contributed by atoms with E-state index in [9.17, 15) is 4.79 Å². The van der Waals surface area contributed by atoms with Crippen molar-refractivity contribution in [2.24, 2.45) is 4.99 Å². The molecule has 1 rings (SSSR count). The van der Waals surface area contributed by atoms with Gasteiger partial charge in [-0.1, -0.05) is 6.07 Å². The highest BCUT2D eigenvalue weighted by Gasteiger charge is 2.00. The van der Waals surface area contributed by atoms with Crippen LogP contribution in [0.2, 0.25) is 0 Å². The summed E-state index contributed by atoms with van der Waals surface area (Å²) in [6.45, 7) is 7.03. The van der Waals surface area contributed by atoms with Gasteiger partial charge in [0.1, 0.15) is 12.4 Å². The number of carbonyl (C=O) groups excluding carboxylic acids is 1. The lowest BCUT2D eigenvalue weighted by Crippen LogP contribution is -2.39. The van der Waals surface area contributed by atoms with Crippen molar-refractivity contribution in [2.45, 2.75) is 26.7 Å². The summed E-state index contributed by atoms with van der Waals surface area (Å²) in [5.74, 6) is 1.37. The average molecular weight is 478 g/mol. The second-order valence-corrected chi connectivity index (χ2v) is 5.39. The molecule has 0 heterocycles. The van der Waals surface area contributed by atoms with Gasteiger partial charge in [-0.2, -0.15) is 0 Å². The zero-order chi connectivity index (χ0) is 18.3. The van der Waals surface area contributed by atoms with Crippen LogP contribution in [0, 0.1) is 0 Å². The Morgan fingerprint density at radius 3 is 2.62 bits per heavy atom. The van der Waals surface area contributed by atoms with E-state index in [4.69, 9.17) is 9.47 Å². The largest absolute Gasteiger partial charge is 0.492 e. The minimum Gasteiger partial charge on any atom is -0.492 e. The lowest BCUT2D eigenvalue weighted by Gasteiger charge is -2.13. The Kier molecular flexibility index (Phi) is 14.8. The van der Waals surface area contributed by atoms with Crippen LogP contribution < -0.4 is 20.7 Å². The fourth-order valence-electron chi connectivity index (χ4n) is 2.11. The van der Waals surface area contributed by atoms with E-state index < -0.39 is 0 Å². The van der Waals surface area contributed by atoms with E-state index >= 15 is 0 Å². The van der Waals surface area contributed by atoms with Crippen LogP contribution >= 0.6 is 24.0 Å². The molecule has 3 N–H and O–H groups in total. The standard InChI is InChI=1S/C18H30N4O3.HI/c1-4-24-12-6-5-10-20-18(19-3)21-11-13-25-17-9-7-8-16(14-17)22-15(2)23;/h7-9,14H,4-6,10-13H2,1-3H3,(H,22,23)(H2,19,20,21);1H. The summed E-state index contributed by atoms with van der Waals surface area (Å²) in [4.78, 5) is 15.2. The molecule has 1 amide bonds. The van der Waals surface area contributed by atoms with Crippen molar-refractivity contribution in [1.29, 1.82) is 0 Å². The van der Waals surface area contributed by atoms with Gasteiger partial charge in [0.05, 0.1) is 6.54 Å². The molecule has 0 spiro atoms. The molecule has 0 fully saturated rings. The summed E-state index contributed by atoms with van der Waals surface area (Å²) < 4.78 is 11.0. The number of carbonyl (C=O) groups is 1. The molecule has 0 saturated carbocycles. The zero-order valence-corrected chi connectivity index (χ0v) is 18.2. The van der Waals surface area contributed by atoms with E-state index in [0.717, 1.165) is 44.2 Å². The number of nitrogens with one attached hydrogen (secondary N) is 3. The number of nitrogens with zero attached hydrogens (tertiary/aromatic N) is 1. The summed E-state index contributed by atoms with van der Waals surface area (Å²) in [6, 6.07) is 7.32. The predicted octanol–water partition coefficient (Wildman–Crippen LogP) is 2.62. The maximum atomic E-state index is 11.1. The Labute approximate surface area is 173 Å². The van der Waals surface area contributed by atoms with Crippen LogP contribution in [-0.4, -0.2) is 51.8 Å². The topological polar surface area (TPSA) is 84.0 Å². The van der Waals surface area contributed by atoms with Crippen LogP contribution in [0.5, 0.6) is 5.75 Å². The third-order valence-corrected chi connectivity index (χ3v) is 3.25. The van der Waals surface area contributed by atoms with Crippen molar-refractivity contribution < 1.29 is 14.3 Å². The van der Waals surface area contributed by atoms with Gasteiger partial charge >= 0.3 is 0 Å². The number of amides is 1. The molecule has 26 heavy (non-hydrogen) atoms. The Bertz CT molecular complexity index is 541. The first kappa shape index (κ1) is 24.5. The van der Waals surface area contributed by atoms with E-state index in [1.165, 1.54) is 6.92 Å². The Morgan fingerprint density at radius 2 is 1.92 bits per heavy atom. The lowest BCUT2D eigenvalue weighted by molar-refractivity contribution is -0.114. The smallest absolute Gasteiger partial charge is 0.221 e. The molecule has 0 atom stereocenters. The second-order valence-electron chi connectivity index (χ2n) is 5.39. The number of aliphatic imine (C=N–C) groups is 1. The fourth-order valence-corrected chi connectivity index (χ4v) is 2.11. The van der Waals surface area contributed by atoms with Gasteiger partial charge in [-0.25, -0.2) is 0 Å². The second kappa shape index (κ2) is 15.7. The lowest BCUT2D eigenvalue weighted by atomic mass is 10.3. The third-order valence-electron chi connectivity index (χ3n) is 3.25. The zero-order valence-electron chi connectivity index (χ0n) is 15.8. The Balaban J connectivity index is 0.00000625. The van der Waals surface area contributed by atoms with Crippen molar-refractivity contribution in [1.82, 2.24) is 10.6 Å². The molecule has 1 aromatic rings. The molecule has 7 nitrogen and oxygen atoms in total. The van der Waals surface area contributed by atoms with E-state index in [1.54, 1.807) is 13.1 Å². The maximum Gasteiger partial charge on any atom is 0.221 e. The molecule has 0 aliphatic heterocycles. The van der Waals surface area contributed by atoms with Gasteiger partial charge in [0.15, 0.2) is 5.96 Å². The van der Waals surface area contributed by atoms with Gasteiger partial charge in [0.2, 0.25) is 5.91 Å². The van der Waals surface area contributed by atoms with Crippen molar-refractivity contribution >= 4 is 41.5 Å². The minimum absolute atomic E-state index is 0. The van der Waals surface area contributed by atoms with Crippen molar-refractivity contribution in [3.05, 3.63) is 24.3 Å². The molecular formula is C18H31IN4O3. The predicted molar refractivity (Wildman–Crippen MR) is 117 cm³/mol. The fraction of sp³-hybridized carbons (Fsp3) is 0.556. The molecule has 0 aromatic heterocycles. The van der Waals surface area contributed by atoms with Gasteiger partial charge in [0, 0.05) is 45.5 Å². The van der Waals surface area contributed by atoms with Crippen LogP contribution in [0.25, 0.3) is 0 Å². The first-order valence-corrected chi connectivity index (χ1v) is 8.68. The normalized spacial score (nSPS) is 10.7. The Morgan fingerprint density at radius 1 is 1.15 bits per heavy atom. The van der Waals surface area contributed by atoms with E-state index in [1.807, 2.05) is 25.1 Å². The first-order valence-electron chi connectivity index (χ1n) is 8.68. The van der Waals surface area contributed by atoms with Gasteiger partial charge < -0.3 is 25.4 Å². The first-order chi connectivity index (χ1) is 12.2. The number of unbranched alkanes of at least 4 members (excludes halogenated alkanes) is 1.